The molecule has 8 heteroatoms. The number of hydrogen-bond acceptors (Lipinski definition) is 5. The zero-order chi connectivity index (χ0) is 13.1. The van der Waals surface area contributed by atoms with Crippen molar-refractivity contribution >= 4 is 28.5 Å². The summed E-state index contributed by atoms with van der Waals surface area (Å²) in [4.78, 5) is 8.22. The number of halogens is 1. The summed E-state index contributed by atoms with van der Waals surface area (Å²) < 4.78 is 1.89. The van der Waals surface area contributed by atoms with Crippen molar-refractivity contribution in [2.45, 2.75) is 13.0 Å². The molecule has 0 radical (unpaired) electrons. The van der Waals surface area contributed by atoms with E-state index in [4.69, 9.17) is 11.6 Å². The average Bonchev–Trinajstić information content (AvgIpc) is 3.04. The molecule has 0 aliphatic heterocycles. The predicted molar refractivity (Wildman–Crippen MR) is 72.0 cm³/mol. The van der Waals surface area contributed by atoms with Gasteiger partial charge in [0.2, 0.25) is 5.28 Å². The first-order chi connectivity index (χ1) is 9.33. The molecule has 0 amide bonds. The Balaban J connectivity index is 1.63. The first-order valence-electron chi connectivity index (χ1n) is 5.91. The Hall–Kier alpha value is -2.15. The molecule has 3 aromatic rings. The third-order valence-electron chi connectivity index (χ3n) is 2.70. The van der Waals surface area contributed by atoms with Crippen LogP contribution in [0.15, 0.2) is 24.7 Å². The Bertz CT molecular complexity index is 661. The SMILES string of the molecule is Clc1nc(NCCCn2cccn2)c2cn[nH]c2n1. The van der Waals surface area contributed by atoms with E-state index in [0.29, 0.717) is 11.5 Å². The van der Waals surface area contributed by atoms with Crippen molar-refractivity contribution in [1.82, 2.24) is 29.9 Å². The average molecular weight is 278 g/mol. The van der Waals surface area contributed by atoms with Gasteiger partial charge in [0, 0.05) is 25.5 Å². The topological polar surface area (TPSA) is 84.3 Å². The minimum absolute atomic E-state index is 0.200. The fourth-order valence-electron chi connectivity index (χ4n) is 1.82. The number of aromatic amines is 1. The molecule has 0 bridgehead atoms. The highest BCUT2D eigenvalue weighted by Crippen LogP contribution is 2.19. The van der Waals surface area contributed by atoms with Crippen molar-refractivity contribution in [2.75, 3.05) is 11.9 Å². The van der Waals surface area contributed by atoms with E-state index in [9.17, 15) is 0 Å². The monoisotopic (exact) mass is 277 g/mol. The molecule has 0 aromatic carbocycles. The molecule has 0 fully saturated rings. The summed E-state index contributed by atoms with van der Waals surface area (Å²) >= 11 is 5.85. The van der Waals surface area contributed by atoms with Crippen LogP contribution in [-0.4, -0.2) is 36.5 Å². The molecule has 7 nitrogen and oxygen atoms in total. The number of hydrogen-bond donors (Lipinski definition) is 2. The molecule has 0 unspecified atom stereocenters. The summed E-state index contributed by atoms with van der Waals surface area (Å²) in [5.41, 5.74) is 0.634. The van der Waals surface area contributed by atoms with Crippen LogP contribution < -0.4 is 5.32 Å². The van der Waals surface area contributed by atoms with Crippen molar-refractivity contribution in [1.29, 1.82) is 0 Å². The highest BCUT2D eigenvalue weighted by molar-refractivity contribution is 6.28. The van der Waals surface area contributed by atoms with Gasteiger partial charge >= 0.3 is 0 Å². The van der Waals surface area contributed by atoms with Crippen LogP contribution in [0.2, 0.25) is 5.28 Å². The first kappa shape index (κ1) is 11.9. The van der Waals surface area contributed by atoms with Crippen LogP contribution in [0.1, 0.15) is 6.42 Å². The molecule has 0 aliphatic carbocycles. The maximum Gasteiger partial charge on any atom is 0.226 e. The van der Waals surface area contributed by atoms with Crippen LogP contribution in [0.5, 0.6) is 0 Å². The van der Waals surface area contributed by atoms with Crippen molar-refractivity contribution in [3.05, 3.63) is 29.9 Å². The maximum atomic E-state index is 5.85. The number of H-pyrrole nitrogens is 1. The third kappa shape index (κ3) is 2.65. The van der Waals surface area contributed by atoms with Crippen LogP contribution in [0.3, 0.4) is 0 Å². The maximum absolute atomic E-state index is 5.85. The van der Waals surface area contributed by atoms with Gasteiger partial charge in [-0.3, -0.25) is 9.78 Å². The van der Waals surface area contributed by atoms with Gasteiger partial charge in [-0.05, 0) is 24.1 Å². The van der Waals surface area contributed by atoms with Gasteiger partial charge in [0.05, 0.1) is 11.6 Å². The van der Waals surface area contributed by atoms with E-state index in [0.717, 1.165) is 24.9 Å². The number of aryl methyl sites for hydroxylation is 1. The van der Waals surface area contributed by atoms with Gasteiger partial charge in [-0.2, -0.15) is 20.2 Å². The van der Waals surface area contributed by atoms with Gasteiger partial charge in [0.1, 0.15) is 5.82 Å². The fraction of sp³-hybridized carbons (Fsp3) is 0.273. The van der Waals surface area contributed by atoms with Gasteiger partial charge < -0.3 is 5.32 Å². The molecule has 0 aliphatic rings. The zero-order valence-corrected chi connectivity index (χ0v) is 10.8. The summed E-state index contributed by atoms with van der Waals surface area (Å²) in [5, 5.41) is 15.1. The van der Waals surface area contributed by atoms with Crippen LogP contribution in [0.25, 0.3) is 11.0 Å². The Morgan fingerprint density at radius 3 is 3.16 bits per heavy atom. The van der Waals surface area contributed by atoms with Gasteiger partial charge in [0.15, 0.2) is 5.65 Å². The molecule has 3 aromatic heterocycles. The highest BCUT2D eigenvalue weighted by atomic mass is 35.5. The van der Waals surface area contributed by atoms with E-state index in [1.165, 1.54) is 0 Å². The fourth-order valence-corrected chi connectivity index (χ4v) is 1.99. The van der Waals surface area contributed by atoms with Crippen LogP contribution in [0, 0.1) is 0 Å². The van der Waals surface area contributed by atoms with E-state index in [-0.39, 0.29) is 5.28 Å². The van der Waals surface area contributed by atoms with E-state index >= 15 is 0 Å². The van der Waals surface area contributed by atoms with Gasteiger partial charge in [-0.25, -0.2) is 0 Å². The largest absolute Gasteiger partial charge is 0.369 e. The molecular weight excluding hydrogens is 266 g/mol. The lowest BCUT2D eigenvalue weighted by Gasteiger charge is -2.06. The molecule has 0 atom stereocenters. The van der Waals surface area contributed by atoms with Crippen LogP contribution in [-0.2, 0) is 6.54 Å². The van der Waals surface area contributed by atoms with Gasteiger partial charge in [-0.15, -0.1) is 0 Å². The van der Waals surface area contributed by atoms with Crippen molar-refractivity contribution in [2.24, 2.45) is 0 Å². The third-order valence-corrected chi connectivity index (χ3v) is 2.87. The van der Waals surface area contributed by atoms with Crippen molar-refractivity contribution < 1.29 is 0 Å². The summed E-state index contributed by atoms with van der Waals surface area (Å²) in [6, 6.07) is 1.91. The van der Waals surface area contributed by atoms with Crippen molar-refractivity contribution in [3.8, 4) is 0 Å². The predicted octanol–water partition coefficient (Wildman–Crippen LogP) is 1.70. The second kappa shape index (κ2) is 5.23. The van der Waals surface area contributed by atoms with Crippen molar-refractivity contribution in [3.63, 3.8) is 0 Å². The van der Waals surface area contributed by atoms with Crippen LogP contribution in [0.4, 0.5) is 5.82 Å². The Kier molecular flexibility index (Phi) is 3.28. The summed E-state index contributed by atoms with van der Waals surface area (Å²) in [6.07, 6.45) is 6.33. The Morgan fingerprint density at radius 1 is 1.37 bits per heavy atom. The second-order valence-corrected chi connectivity index (χ2v) is 4.36. The van der Waals surface area contributed by atoms with Gasteiger partial charge in [0.25, 0.3) is 0 Å². The zero-order valence-electron chi connectivity index (χ0n) is 10.0. The number of rotatable bonds is 5. The van der Waals surface area contributed by atoms with Crippen LogP contribution >= 0.6 is 11.6 Å². The lowest BCUT2D eigenvalue weighted by molar-refractivity contribution is 0.591. The summed E-state index contributed by atoms with van der Waals surface area (Å²) in [6.45, 7) is 1.63. The quantitative estimate of drug-likeness (QED) is 0.548. The van der Waals surface area contributed by atoms with E-state index in [1.54, 1.807) is 12.4 Å². The Morgan fingerprint density at radius 2 is 2.32 bits per heavy atom. The normalized spacial score (nSPS) is 11.0. The van der Waals surface area contributed by atoms with E-state index < -0.39 is 0 Å². The number of anilines is 1. The highest BCUT2D eigenvalue weighted by Gasteiger charge is 2.07. The molecule has 98 valence electrons. The number of fused-ring (bicyclic) bond motifs is 1. The van der Waals surface area contributed by atoms with E-state index in [1.807, 2.05) is 16.9 Å². The first-order valence-corrected chi connectivity index (χ1v) is 6.28. The molecule has 3 rings (SSSR count). The Labute approximate surface area is 114 Å². The lowest BCUT2D eigenvalue weighted by Crippen LogP contribution is -2.08. The summed E-state index contributed by atoms with van der Waals surface area (Å²) in [7, 11) is 0. The standard InChI is InChI=1S/C11H12ClN7/c12-11-16-9(8-7-14-18-10(8)17-11)13-3-1-5-19-6-2-4-15-19/h2,4,6-7H,1,3,5H2,(H2,13,14,16,17,18). The molecule has 0 spiro atoms. The molecule has 0 saturated carbocycles. The summed E-state index contributed by atoms with van der Waals surface area (Å²) in [5.74, 6) is 0.698. The molecule has 19 heavy (non-hydrogen) atoms. The smallest absolute Gasteiger partial charge is 0.226 e. The van der Waals surface area contributed by atoms with Gasteiger partial charge in [-0.1, -0.05) is 0 Å². The second-order valence-electron chi connectivity index (χ2n) is 4.02. The lowest BCUT2D eigenvalue weighted by atomic mass is 10.3. The molecule has 0 saturated heterocycles. The van der Waals surface area contributed by atoms with E-state index in [2.05, 4.69) is 30.6 Å². The molecule has 3 heterocycles. The number of nitrogens with one attached hydrogen (secondary N) is 2. The minimum Gasteiger partial charge on any atom is -0.369 e. The number of aromatic nitrogens is 6. The molecule has 2 N–H and O–H groups in total. The number of nitrogens with zero attached hydrogens (tertiary/aromatic N) is 5. The molecular formula is C11H12ClN7. The minimum atomic E-state index is 0.200.